The van der Waals surface area contributed by atoms with Crippen LogP contribution < -0.4 is 5.32 Å². The second-order valence-electron chi connectivity index (χ2n) is 5.26. The van der Waals surface area contributed by atoms with E-state index in [9.17, 15) is 15.0 Å². The van der Waals surface area contributed by atoms with Gasteiger partial charge in [-0.25, -0.2) is 0 Å². The smallest absolute Gasteiger partial charge is 0.270 e. The fourth-order valence-corrected chi connectivity index (χ4v) is 1.61. The van der Waals surface area contributed by atoms with E-state index >= 15 is 0 Å². The molecule has 1 aromatic heterocycles. The summed E-state index contributed by atoms with van der Waals surface area (Å²) >= 11 is 0. The van der Waals surface area contributed by atoms with Crippen LogP contribution in [-0.4, -0.2) is 44.7 Å². The highest BCUT2D eigenvalue weighted by Crippen LogP contribution is 2.15. The minimum Gasteiger partial charge on any atom is -0.394 e. The molecule has 19 heavy (non-hydrogen) atoms. The van der Waals surface area contributed by atoms with Crippen molar-refractivity contribution < 1.29 is 15.0 Å². The molecule has 6 nitrogen and oxygen atoms in total. The van der Waals surface area contributed by atoms with Crippen molar-refractivity contribution in [3.8, 4) is 0 Å². The molecule has 1 amide bonds. The number of carbonyl (C=O) groups excluding carboxylic acids is 1. The van der Waals surface area contributed by atoms with Crippen LogP contribution in [0, 0.1) is 0 Å². The Kier molecular flexibility index (Phi) is 5.08. The van der Waals surface area contributed by atoms with Crippen molar-refractivity contribution in [2.45, 2.75) is 45.7 Å². The Morgan fingerprint density at radius 1 is 1.47 bits per heavy atom. The van der Waals surface area contributed by atoms with Gasteiger partial charge in [0.25, 0.3) is 5.91 Å². The zero-order valence-corrected chi connectivity index (χ0v) is 12.0. The van der Waals surface area contributed by atoms with Gasteiger partial charge in [0.2, 0.25) is 0 Å². The molecule has 0 atom stereocenters. The number of carbonyl (C=O) groups is 1. The van der Waals surface area contributed by atoms with Gasteiger partial charge in [-0.05, 0) is 25.8 Å². The summed E-state index contributed by atoms with van der Waals surface area (Å²) in [6.45, 7) is 7.45. The van der Waals surface area contributed by atoms with Crippen LogP contribution in [0.2, 0.25) is 0 Å². The number of amides is 1. The first kappa shape index (κ1) is 15.7. The summed E-state index contributed by atoms with van der Waals surface area (Å²) in [6.07, 6.45) is 0. The van der Waals surface area contributed by atoms with Crippen molar-refractivity contribution in [1.82, 2.24) is 15.1 Å². The van der Waals surface area contributed by atoms with E-state index in [2.05, 4.69) is 10.4 Å². The minimum absolute atomic E-state index is 0.237. The fourth-order valence-electron chi connectivity index (χ4n) is 1.61. The Morgan fingerprint density at radius 3 is 2.47 bits per heavy atom. The average Bonchev–Trinajstić information content (AvgIpc) is 2.82. The predicted octanol–water partition coefficient (Wildman–Crippen LogP) is 0.499. The number of aromatic nitrogens is 2. The fraction of sp³-hybridized carbons (Fsp3) is 0.692. The van der Waals surface area contributed by atoms with Crippen LogP contribution in [0.1, 0.15) is 49.8 Å². The zero-order valence-electron chi connectivity index (χ0n) is 12.0. The highest BCUT2D eigenvalue weighted by molar-refractivity contribution is 5.93. The lowest BCUT2D eigenvalue weighted by Crippen LogP contribution is -2.52. The SMILES string of the molecule is CCn1nc(C(C)C)cc1C(=O)NC(C)(CO)CO. The van der Waals surface area contributed by atoms with E-state index in [0.29, 0.717) is 12.2 Å². The maximum Gasteiger partial charge on any atom is 0.270 e. The lowest BCUT2D eigenvalue weighted by Gasteiger charge is -2.26. The van der Waals surface area contributed by atoms with E-state index in [1.54, 1.807) is 17.7 Å². The van der Waals surface area contributed by atoms with Crippen LogP contribution in [0.3, 0.4) is 0 Å². The molecule has 1 aromatic rings. The second-order valence-corrected chi connectivity index (χ2v) is 5.26. The molecular formula is C13H23N3O3. The van der Waals surface area contributed by atoms with E-state index in [4.69, 9.17) is 0 Å². The third-order valence-electron chi connectivity index (χ3n) is 3.04. The largest absolute Gasteiger partial charge is 0.394 e. The molecule has 0 aliphatic rings. The van der Waals surface area contributed by atoms with Gasteiger partial charge in [-0.3, -0.25) is 9.48 Å². The molecule has 6 heteroatoms. The van der Waals surface area contributed by atoms with Gasteiger partial charge in [-0.2, -0.15) is 5.10 Å². The van der Waals surface area contributed by atoms with E-state index in [-0.39, 0.29) is 25.0 Å². The van der Waals surface area contributed by atoms with Crippen LogP contribution in [-0.2, 0) is 6.54 Å². The van der Waals surface area contributed by atoms with E-state index in [1.807, 2.05) is 20.8 Å². The molecule has 0 spiro atoms. The number of aliphatic hydroxyl groups is 2. The molecule has 1 rings (SSSR count). The molecule has 0 saturated heterocycles. The summed E-state index contributed by atoms with van der Waals surface area (Å²) in [5.41, 5.74) is 0.263. The Morgan fingerprint density at radius 2 is 2.05 bits per heavy atom. The van der Waals surface area contributed by atoms with Gasteiger partial charge >= 0.3 is 0 Å². The van der Waals surface area contributed by atoms with Gasteiger partial charge in [0.05, 0.1) is 24.4 Å². The molecule has 0 saturated carbocycles. The number of nitrogens with one attached hydrogen (secondary N) is 1. The number of nitrogens with zero attached hydrogens (tertiary/aromatic N) is 2. The van der Waals surface area contributed by atoms with Gasteiger partial charge in [0.15, 0.2) is 0 Å². The Balaban J connectivity index is 2.99. The molecule has 0 unspecified atom stereocenters. The predicted molar refractivity (Wildman–Crippen MR) is 72.0 cm³/mol. The van der Waals surface area contributed by atoms with Crippen LogP contribution in [0.5, 0.6) is 0 Å². The number of aryl methyl sites for hydroxylation is 1. The van der Waals surface area contributed by atoms with E-state index < -0.39 is 5.54 Å². The number of aliphatic hydroxyl groups excluding tert-OH is 2. The number of hydrogen-bond acceptors (Lipinski definition) is 4. The number of rotatable bonds is 6. The molecule has 0 aliphatic carbocycles. The van der Waals surface area contributed by atoms with Gasteiger partial charge in [0.1, 0.15) is 5.69 Å². The molecule has 0 aromatic carbocycles. The molecule has 0 bridgehead atoms. The maximum absolute atomic E-state index is 12.2. The van der Waals surface area contributed by atoms with Gasteiger partial charge < -0.3 is 15.5 Å². The monoisotopic (exact) mass is 269 g/mol. The van der Waals surface area contributed by atoms with Crippen molar-refractivity contribution in [3.63, 3.8) is 0 Å². The molecule has 1 heterocycles. The molecule has 0 fully saturated rings. The number of hydrogen-bond donors (Lipinski definition) is 3. The first-order chi connectivity index (χ1) is 8.86. The molecule has 0 radical (unpaired) electrons. The molecular weight excluding hydrogens is 246 g/mol. The van der Waals surface area contributed by atoms with Crippen LogP contribution in [0.25, 0.3) is 0 Å². The van der Waals surface area contributed by atoms with Crippen molar-refractivity contribution in [2.24, 2.45) is 0 Å². The minimum atomic E-state index is -1.03. The summed E-state index contributed by atoms with van der Waals surface area (Å²) in [5.74, 6) is -0.103. The van der Waals surface area contributed by atoms with Crippen molar-refractivity contribution in [1.29, 1.82) is 0 Å². The molecule has 108 valence electrons. The van der Waals surface area contributed by atoms with E-state index in [0.717, 1.165) is 5.69 Å². The molecule has 3 N–H and O–H groups in total. The third-order valence-corrected chi connectivity index (χ3v) is 3.04. The molecule has 0 aliphatic heterocycles. The van der Waals surface area contributed by atoms with Gasteiger partial charge in [-0.1, -0.05) is 13.8 Å². The van der Waals surface area contributed by atoms with Crippen LogP contribution in [0.4, 0.5) is 0 Å². The summed E-state index contributed by atoms with van der Waals surface area (Å²) in [7, 11) is 0. The normalized spacial score (nSPS) is 11.9. The summed E-state index contributed by atoms with van der Waals surface area (Å²) < 4.78 is 1.62. The summed E-state index contributed by atoms with van der Waals surface area (Å²) in [6, 6.07) is 1.75. The maximum atomic E-state index is 12.2. The van der Waals surface area contributed by atoms with E-state index in [1.165, 1.54) is 0 Å². The highest BCUT2D eigenvalue weighted by atomic mass is 16.3. The topological polar surface area (TPSA) is 87.4 Å². The van der Waals surface area contributed by atoms with Crippen molar-refractivity contribution in [2.75, 3.05) is 13.2 Å². The zero-order chi connectivity index (χ0) is 14.6. The average molecular weight is 269 g/mol. The highest BCUT2D eigenvalue weighted by Gasteiger charge is 2.27. The lowest BCUT2D eigenvalue weighted by molar-refractivity contribution is 0.0714. The second kappa shape index (κ2) is 6.16. The van der Waals surface area contributed by atoms with Gasteiger partial charge in [0, 0.05) is 6.54 Å². The van der Waals surface area contributed by atoms with Crippen LogP contribution in [0.15, 0.2) is 6.07 Å². The lowest BCUT2D eigenvalue weighted by atomic mass is 10.1. The summed E-state index contributed by atoms with van der Waals surface area (Å²) in [5, 5.41) is 25.4. The van der Waals surface area contributed by atoms with Crippen molar-refractivity contribution in [3.05, 3.63) is 17.5 Å². The Labute approximate surface area is 113 Å². The first-order valence-corrected chi connectivity index (χ1v) is 6.48. The first-order valence-electron chi connectivity index (χ1n) is 6.48. The van der Waals surface area contributed by atoms with Crippen molar-refractivity contribution >= 4 is 5.91 Å². The quantitative estimate of drug-likeness (QED) is 0.702. The third kappa shape index (κ3) is 3.54. The Hall–Kier alpha value is -1.40. The standard InChI is InChI=1S/C13H23N3O3/c1-5-16-11(6-10(15-16)9(2)3)12(19)14-13(4,7-17)8-18/h6,9,17-18H,5,7-8H2,1-4H3,(H,14,19). The summed E-state index contributed by atoms with van der Waals surface area (Å²) in [4.78, 5) is 12.2. The van der Waals surface area contributed by atoms with Gasteiger partial charge in [-0.15, -0.1) is 0 Å². The Bertz CT molecular complexity index is 436. The van der Waals surface area contributed by atoms with Crippen LogP contribution >= 0.6 is 0 Å².